The Kier molecular flexibility index (Phi) is 6.80. The lowest BCUT2D eigenvalue weighted by molar-refractivity contribution is 1.07. The molecular formula is C45H29N3. The Morgan fingerprint density at radius 3 is 1.25 bits per heavy atom. The van der Waals surface area contributed by atoms with Gasteiger partial charge in [-0.25, -0.2) is 15.0 Å². The molecule has 3 nitrogen and oxygen atoms in total. The molecule has 0 N–H and O–H groups in total. The highest BCUT2D eigenvalue weighted by Crippen LogP contribution is 2.40. The lowest BCUT2D eigenvalue weighted by Crippen LogP contribution is -2.00. The molecule has 3 heteroatoms. The molecule has 0 fully saturated rings. The number of hydrogen-bond donors (Lipinski definition) is 0. The summed E-state index contributed by atoms with van der Waals surface area (Å²) in [6.07, 6.45) is 0. The van der Waals surface area contributed by atoms with Gasteiger partial charge in [0.2, 0.25) is 0 Å². The highest BCUT2D eigenvalue weighted by molar-refractivity contribution is 6.28. The first kappa shape index (κ1) is 27.8. The van der Waals surface area contributed by atoms with Crippen LogP contribution in [0.15, 0.2) is 176 Å². The van der Waals surface area contributed by atoms with E-state index in [-0.39, 0.29) is 0 Å². The molecule has 8 aromatic carbocycles. The van der Waals surface area contributed by atoms with E-state index in [1.54, 1.807) is 0 Å². The van der Waals surface area contributed by atoms with Crippen LogP contribution in [0, 0.1) is 0 Å². The van der Waals surface area contributed by atoms with E-state index in [1.165, 1.54) is 43.4 Å². The molecular weight excluding hydrogens is 583 g/mol. The SMILES string of the molecule is c1ccc(-c2ccc(-c3nc(-c4ccccc4)nc(-c4cccc(-c5cccc6c7ccccc7c7ccccc7c56)c4)n3)cc2)cc1. The molecule has 48 heavy (non-hydrogen) atoms. The Morgan fingerprint density at radius 1 is 0.250 bits per heavy atom. The van der Waals surface area contributed by atoms with Gasteiger partial charge in [-0.1, -0.05) is 170 Å². The van der Waals surface area contributed by atoms with E-state index in [4.69, 9.17) is 15.0 Å². The summed E-state index contributed by atoms with van der Waals surface area (Å²) in [6.45, 7) is 0. The van der Waals surface area contributed by atoms with Crippen molar-refractivity contribution >= 4 is 32.3 Å². The third kappa shape index (κ3) is 4.90. The van der Waals surface area contributed by atoms with Crippen LogP contribution in [0.3, 0.4) is 0 Å². The standard InChI is InChI=1S/C45H29N3/c1-3-13-30(14-4-1)31-25-27-33(28-26-31)44-46-43(32-15-5-2-6-16-32)47-45(48-44)35-18-11-17-34(29-35)36-23-12-24-41-39-20-8-7-19-37(39)38-21-9-10-22-40(38)42(36)41/h1-29H. The minimum absolute atomic E-state index is 0.642. The Morgan fingerprint density at radius 2 is 0.625 bits per heavy atom. The molecule has 0 saturated carbocycles. The van der Waals surface area contributed by atoms with Crippen LogP contribution in [0.1, 0.15) is 0 Å². The van der Waals surface area contributed by atoms with Gasteiger partial charge in [-0.3, -0.25) is 0 Å². The van der Waals surface area contributed by atoms with Crippen LogP contribution in [-0.4, -0.2) is 15.0 Å². The topological polar surface area (TPSA) is 38.7 Å². The highest BCUT2D eigenvalue weighted by atomic mass is 15.0. The Balaban J connectivity index is 1.21. The van der Waals surface area contributed by atoms with Crippen molar-refractivity contribution in [2.45, 2.75) is 0 Å². The molecule has 224 valence electrons. The fourth-order valence-electron chi connectivity index (χ4n) is 6.81. The summed E-state index contributed by atoms with van der Waals surface area (Å²) in [6, 6.07) is 61.6. The van der Waals surface area contributed by atoms with Gasteiger partial charge >= 0.3 is 0 Å². The van der Waals surface area contributed by atoms with Gasteiger partial charge in [0.1, 0.15) is 0 Å². The number of benzene rings is 8. The van der Waals surface area contributed by atoms with Gasteiger partial charge in [0.05, 0.1) is 0 Å². The van der Waals surface area contributed by atoms with Crippen molar-refractivity contribution in [2.75, 3.05) is 0 Å². The third-order valence-corrected chi connectivity index (χ3v) is 9.12. The molecule has 9 aromatic rings. The zero-order valence-corrected chi connectivity index (χ0v) is 26.1. The summed E-state index contributed by atoms with van der Waals surface area (Å²) >= 11 is 0. The van der Waals surface area contributed by atoms with Crippen LogP contribution in [0.4, 0.5) is 0 Å². The summed E-state index contributed by atoms with van der Waals surface area (Å²) < 4.78 is 0. The van der Waals surface area contributed by atoms with Gasteiger partial charge in [-0.05, 0) is 60.6 Å². The smallest absolute Gasteiger partial charge is 0.164 e. The lowest BCUT2D eigenvalue weighted by atomic mass is 9.89. The van der Waals surface area contributed by atoms with Crippen molar-refractivity contribution in [3.63, 3.8) is 0 Å². The summed E-state index contributed by atoms with van der Waals surface area (Å²) in [5.74, 6) is 1.94. The first-order valence-corrected chi connectivity index (χ1v) is 16.2. The monoisotopic (exact) mass is 611 g/mol. The number of nitrogens with zero attached hydrogens (tertiary/aromatic N) is 3. The minimum Gasteiger partial charge on any atom is -0.208 e. The Bertz CT molecular complexity index is 2550. The van der Waals surface area contributed by atoms with Gasteiger partial charge in [-0.15, -0.1) is 0 Å². The fraction of sp³-hybridized carbons (Fsp3) is 0. The number of hydrogen-bond acceptors (Lipinski definition) is 3. The van der Waals surface area contributed by atoms with E-state index < -0.39 is 0 Å². The molecule has 0 aliphatic rings. The van der Waals surface area contributed by atoms with Crippen molar-refractivity contribution < 1.29 is 0 Å². The predicted molar refractivity (Wildman–Crippen MR) is 200 cm³/mol. The van der Waals surface area contributed by atoms with E-state index in [9.17, 15) is 0 Å². The molecule has 0 aliphatic carbocycles. The number of fused-ring (bicyclic) bond motifs is 6. The maximum Gasteiger partial charge on any atom is 0.164 e. The fourth-order valence-corrected chi connectivity index (χ4v) is 6.81. The largest absolute Gasteiger partial charge is 0.208 e. The van der Waals surface area contributed by atoms with E-state index in [1.807, 2.05) is 36.4 Å². The predicted octanol–water partition coefficient (Wildman–Crippen LogP) is 11.7. The summed E-state index contributed by atoms with van der Waals surface area (Å²) in [5, 5.41) is 7.55. The van der Waals surface area contributed by atoms with E-state index >= 15 is 0 Å². The van der Waals surface area contributed by atoms with E-state index in [2.05, 4.69) is 140 Å². The Hall–Kier alpha value is -6.45. The summed E-state index contributed by atoms with van der Waals surface area (Å²) in [7, 11) is 0. The first-order chi connectivity index (χ1) is 23.8. The van der Waals surface area contributed by atoms with Crippen LogP contribution in [0.25, 0.3) is 88.7 Å². The minimum atomic E-state index is 0.642. The Labute approximate surface area is 278 Å². The molecule has 0 aliphatic heterocycles. The van der Waals surface area contributed by atoms with Gasteiger partial charge in [0.25, 0.3) is 0 Å². The average molecular weight is 612 g/mol. The molecule has 9 rings (SSSR count). The molecule has 0 bridgehead atoms. The molecule has 0 radical (unpaired) electrons. The van der Waals surface area contributed by atoms with Crippen molar-refractivity contribution in [3.05, 3.63) is 176 Å². The van der Waals surface area contributed by atoms with E-state index in [0.717, 1.165) is 27.8 Å². The quantitative estimate of drug-likeness (QED) is 0.182. The maximum absolute atomic E-state index is 5.07. The average Bonchev–Trinajstić information content (AvgIpc) is 3.18. The van der Waals surface area contributed by atoms with Crippen LogP contribution in [-0.2, 0) is 0 Å². The van der Waals surface area contributed by atoms with Gasteiger partial charge in [0, 0.05) is 16.7 Å². The molecule has 1 heterocycles. The van der Waals surface area contributed by atoms with Gasteiger partial charge in [0.15, 0.2) is 17.5 Å². The molecule has 1 aromatic heterocycles. The summed E-state index contributed by atoms with van der Waals surface area (Å²) in [5.41, 5.74) is 7.47. The zero-order chi connectivity index (χ0) is 31.9. The van der Waals surface area contributed by atoms with E-state index in [0.29, 0.717) is 17.5 Å². The normalized spacial score (nSPS) is 11.3. The van der Waals surface area contributed by atoms with Crippen molar-refractivity contribution in [2.24, 2.45) is 0 Å². The molecule has 0 amide bonds. The third-order valence-electron chi connectivity index (χ3n) is 9.12. The highest BCUT2D eigenvalue weighted by Gasteiger charge is 2.16. The second-order valence-corrected chi connectivity index (χ2v) is 12.0. The molecule has 0 spiro atoms. The van der Waals surface area contributed by atoms with Crippen molar-refractivity contribution in [1.82, 2.24) is 15.0 Å². The van der Waals surface area contributed by atoms with Gasteiger partial charge < -0.3 is 0 Å². The number of rotatable bonds is 5. The summed E-state index contributed by atoms with van der Waals surface area (Å²) in [4.78, 5) is 15.1. The van der Waals surface area contributed by atoms with Crippen LogP contribution >= 0.6 is 0 Å². The maximum atomic E-state index is 5.07. The number of aromatic nitrogens is 3. The van der Waals surface area contributed by atoms with Crippen LogP contribution < -0.4 is 0 Å². The first-order valence-electron chi connectivity index (χ1n) is 16.2. The van der Waals surface area contributed by atoms with Crippen LogP contribution in [0.5, 0.6) is 0 Å². The second-order valence-electron chi connectivity index (χ2n) is 12.0. The second kappa shape index (κ2) is 11.7. The van der Waals surface area contributed by atoms with Gasteiger partial charge in [-0.2, -0.15) is 0 Å². The molecule has 0 saturated heterocycles. The lowest BCUT2D eigenvalue weighted by Gasteiger charge is -2.15. The molecule has 0 atom stereocenters. The zero-order valence-electron chi connectivity index (χ0n) is 26.1. The molecule has 0 unspecified atom stereocenters. The van der Waals surface area contributed by atoms with Crippen molar-refractivity contribution in [1.29, 1.82) is 0 Å². The van der Waals surface area contributed by atoms with Crippen molar-refractivity contribution in [3.8, 4) is 56.4 Å². The van der Waals surface area contributed by atoms with Crippen LogP contribution in [0.2, 0.25) is 0 Å².